The van der Waals surface area contributed by atoms with E-state index in [0.717, 1.165) is 14.2 Å². The second-order valence-electron chi connectivity index (χ2n) is 6.59. The molecule has 1 unspecified atom stereocenters. The van der Waals surface area contributed by atoms with Crippen molar-refractivity contribution in [1.29, 1.82) is 0 Å². The highest BCUT2D eigenvalue weighted by molar-refractivity contribution is 9.11. The first-order valence-corrected chi connectivity index (χ1v) is 11.9. The highest BCUT2D eigenvalue weighted by atomic mass is 79.9. The first-order valence-electron chi connectivity index (χ1n) is 8.83. The number of nitrogens with zero attached hydrogens (tertiary/aromatic N) is 3. The SMILES string of the molecule is Cc1ccc(S(=O)(=O)N2CCCC2C(=O)Nc2nnc(-c3ccc(Br)s3)o2)cc1. The zero-order valence-corrected chi connectivity index (χ0v) is 18.6. The van der Waals surface area contributed by atoms with Gasteiger partial charge in [-0.1, -0.05) is 22.8 Å². The quantitative estimate of drug-likeness (QED) is 0.577. The Bertz CT molecular complexity index is 1140. The van der Waals surface area contributed by atoms with Crippen molar-refractivity contribution < 1.29 is 17.6 Å². The average molecular weight is 497 g/mol. The number of anilines is 1. The summed E-state index contributed by atoms with van der Waals surface area (Å²) in [7, 11) is -3.77. The minimum Gasteiger partial charge on any atom is -0.402 e. The fraction of sp³-hybridized carbons (Fsp3) is 0.278. The lowest BCUT2D eigenvalue weighted by Gasteiger charge is -2.22. The minimum atomic E-state index is -3.77. The summed E-state index contributed by atoms with van der Waals surface area (Å²) in [6.45, 7) is 2.17. The number of rotatable bonds is 5. The molecule has 152 valence electrons. The summed E-state index contributed by atoms with van der Waals surface area (Å²) < 4.78 is 33.6. The van der Waals surface area contributed by atoms with E-state index >= 15 is 0 Å². The van der Waals surface area contributed by atoms with Crippen LogP contribution in [-0.2, 0) is 14.8 Å². The van der Waals surface area contributed by atoms with Gasteiger partial charge in [0.05, 0.1) is 13.6 Å². The molecule has 4 rings (SSSR count). The molecular formula is C18H17BrN4O4S2. The molecule has 1 fully saturated rings. The number of halogens is 1. The fourth-order valence-corrected chi connectivity index (χ4v) is 6.09. The number of aryl methyl sites for hydroxylation is 1. The Labute approximate surface area is 180 Å². The van der Waals surface area contributed by atoms with Crippen molar-refractivity contribution in [1.82, 2.24) is 14.5 Å². The van der Waals surface area contributed by atoms with Crippen molar-refractivity contribution in [2.45, 2.75) is 30.7 Å². The predicted octanol–water partition coefficient (Wildman–Crippen LogP) is 3.66. The van der Waals surface area contributed by atoms with Crippen LogP contribution in [0.4, 0.5) is 6.01 Å². The number of carbonyl (C=O) groups is 1. The highest BCUT2D eigenvalue weighted by Crippen LogP contribution is 2.31. The summed E-state index contributed by atoms with van der Waals surface area (Å²) in [5, 5.41) is 10.3. The normalized spacial score (nSPS) is 17.5. The van der Waals surface area contributed by atoms with Crippen molar-refractivity contribution in [3.63, 3.8) is 0 Å². The number of amides is 1. The second-order valence-corrected chi connectivity index (χ2v) is 10.9. The third kappa shape index (κ3) is 4.13. The third-order valence-electron chi connectivity index (χ3n) is 4.57. The monoisotopic (exact) mass is 496 g/mol. The summed E-state index contributed by atoms with van der Waals surface area (Å²) >= 11 is 4.79. The lowest BCUT2D eigenvalue weighted by molar-refractivity contribution is -0.119. The molecule has 8 nitrogen and oxygen atoms in total. The van der Waals surface area contributed by atoms with Crippen LogP contribution in [0.1, 0.15) is 18.4 Å². The maximum atomic E-state index is 13.0. The van der Waals surface area contributed by atoms with Crippen LogP contribution in [0.15, 0.2) is 49.5 Å². The summed E-state index contributed by atoms with van der Waals surface area (Å²) in [6, 6.07) is 9.38. The molecule has 3 heterocycles. The molecular weight excluding hydrogens is 480 g/mol. The third-order valence-corrected chi connectivity index (χ3v) is 8.11. The van der Waals surface area contributed by atoms with Gasteiger partial charge in [-0.05, 0) is 60.0 Å². The van der Waals surface area contributed by atoms with Gasteiger partial charge >= 0.3 is 6.01 Å². The molecule has 1 N–H and O–H groups in total. The summed E-state index contributed by atoms with van der Waals surface area (Å²) in [5.41, 5.74) is 0.963. The van der Waals surface area contributed by atoms with Gasteiger partial charge < -0.3 is 4.42 Å². The molecule has 11 heteroatoms. The van der Waals surface area contributed by atoms with Crippen LogP contribution in [0.5, 0.6) is 0 Å². The lowest BCUT2D eigenvalue weighted by atomic mass is 10.2. The Morgan fingerprint density at radius 3 is 2.69 bits per heavy atom. The molecule has 1 aromatic carbocycles. The van der Waals surface area contributed by atoms with Crippen molar-refractivity contribution in [3.8, 4) is 10.8 Å². The first-order chi connectivity index (χ1) is 13.8. The van der Waals surface area contributed by atoms with Gasteiger partial charge in [0.1, 0.15) is 6.04 Å². The zero-order valence-electron chi connectivity index (χ0n) is 15.3. The topological polar surface area (TPSA) is 105 Å². The van der Waals surface area contributed by atoms with E-state index < -0.39 is 22.0 Å². The second kappa shape index (κ2) is 7.98. The minimum absolute atomic E-state index is 0.0610. The van der Waals surface area contributed by atoms with Crippen molar-refractivity contribution >= 4 is 49.2 Å². The van der Waals surface area contributed by atoms with E-state index in [1.54, 1.807) is 24.3 Å². The molecule has 1 aliphatic heterocycles. The van der Waals surface area contributed by atoms with Crippen LogP contribution < -0.4 is 5.32 Å². The molecule has 2 aromatic heterocycles. The van der Waals surface area contributed by atoms with E-state index in [9.17, 15) is 13.2 Å². The predicted molar refractivity (Wildman–Crippen MR) is 112 cm³/mol. The van der Waals surface area contributed by atoms with Crippen LogP contribution in [0.2, 0.25) is 0 Å². The average Bonchev–Trinajstić information content (AvgIpc) is 3.42. The van der Waals surface area contributed by atoms with Crippen molar-refractivity contribution in [2.75, 3.05) is 11.9 Å². The van der Waals surface area contributed by atoms with Gasteiger partial charge in [-0.2, -0.15) is 4.31 Å². The van der Waals surface area contributed by atoms with Crippen LogP contribution in [-0.4, -0.2) is 41.4 Å². The maximum absolute atomic E-state index is 13.0. The van der Waals surface area contributed by atoms with Gasteiger partial charge in [-0.15, -0.1) is 16.4 Å². The molecule has 1 atom stereocenters. The Morgan fingerprint density at radius 1 is 1.24 bits per heavy atom. The number of aromatic nitrogens is 2. The van der Waals surface area contributed by atoms with Gasteiger partial charge in [-0.3, -0.25) is 10.1 Å². The Morgan fingerprint density at radius 2 is 2.00 bits per heavy atom. The molecule has 0 saturated carbocycles. The summed E-state index contributed by atoms with van der Waals surface area (Å²) in [5.74, 6) is -0.202. The zero-order chi connectivity index (χ0) is 20.6. The molecule has 0 aliphatic carbocycles. The molecule has 1 saturated heterocycles. The van der Waals surface area contributed by atoms with Crippen LogP contribution in [0, 0.1) is 6.92 Å². The number of hydrogen-bond acceptors (Lipinski definition) is 7. The number of thiophene rings is 1. The van der Waals surface area contributed by atoms with Crippen LogP contribution >= 0.6 is 27.3 Å². The van der Waals surface area contributed by atoms with E-state index in [1.807, 2.05) is 19.1 Å². The molecule has 3 aromatic rings. The highest BCUT2D eigenvalue weighted by Gasteiger charge is 2.39. The Hall–Kier alpha value is -2.08. The smallest absolute Gasteiger partial charge is 0.322 e. The number of carbonyl (C=O) groups excluding carboxylic acids is 1. The van der Waals surface area contributed by atoms with Gasteiger partial charge in [0.15, 0.2) is 0 Å². The summed E-state index contributed by atoms with van der Waals surface area (Å²) in [6.07, 6.45) is 1.03. The molecule has 29 heavy (non-hydrogen) atoms. The van der Waals surface area contributed by atoms with E-state index in [4.69, 9.17) is 4.42 Å². The van der Waals surface area contributed by atoms with E-state index in [0.29, 0.717) is 12.8 Å². The van der Waals surface area contributed by atoms with E-state index in [2.05, 4.69) is 31.4 Å². The van der Waals surface area contributed by atoms with Gasteiger partial charge in [0.2, 0.25) is 15.9 Å². The first kappa shape index (κ1) is 20.2. The largest absolute Gasteiger partial charge is 0.402 e. The Balaban J connectivity index is 1.51. The molecule has 1 aliphatic rings. The number of nitrogens with one attached hydrogen (secondary N) is 1. The van der Waals surface area contributed by atoms with E-state index in [1.165, 1.54) is 15.6 Å². The van der Waals surface area contributed by atoms with Crippen LogP contribution in [0.25, 0.3) is 10.8 Å². The van der Waals surface area contributed by atoms with Crippen LogP contribution in [0.3, 0.4) is 0 Å². The number of benzene rings is 1. The van der Waals surface area contributed by atoms with Gasteiger partial charge in [0, 0.05) is 6.54 Å². The number of hydrogen-bond donors (Lipinski definition) is 1. The fourth-order valence-electron chi connectivity index (χ4n) is 3.13. The van der Waals surface area contributed by atoms with Crippen molar-refractivity contribution in [2.24, 2.45) is 0 Å². The standard InChI is InChI=1S/C18H17BrN4O4S2/c1-11-4-6-12(7-5-11)29(25,26)23-10-2-3-13(23)16(24)20-18-22-21-17(27-18)14-8-9-15(19)28-14/h4-9,13H,2-3,10H2,1H3,(H,20,22,24). The lowest BCUT2D eigenvalue weighted by Crippen LogP contribution is -2.43. The van der Waals surface area contributed by atoms with Gasteiger partial charge in [0.25, 0.3) is 5.89 Å². The summed E-state index contributed by atoms with van der Waals surface area (Å²) in [4.78, 5) is 13.7. The molecule has 0 spiro atoms. The molecule has 0 radical (unpaired) electrons. The molecule has 0 bridgehead atoms. The molecule has 1 amide bonds. The van der Waals surface area contributed by atoms with Crippen molar-refractivity contribution in [3.05, 3.63) is 45.7 Å². The van der Waals surface area contributed by atoms with E-state index in [-0.39, 0.29) is 23.3 Å². The maximum Gasteiger partial charge on any atom is 0.322 e. The number of sulfonamides is 1. The van der Waals surface area contributed by atoms with Gasteiger partial charge in [-0.25, -0.2) is 8.42 Å². The Kier molecular flexibility index (Phi) is 5.56.